The Morgan fingerprint density at radius 1 is 1.33 bits per heavy atom. The van der Waals surface area contributed by atoms with Crippen molar-refractivity contribution in [3.05, 3.63) is 53.9 Å². The Bertz CT molecular complexity index is 663. The van der Waals surface area contributed by atoms with Gasteiger partial charge in [-0.15, -0.1) is 0 Å². The van der Waals surface area contributed by atoms with E-state index in [2.05, 4.69) is 34.8 Å². The molecule has 1 fully saturated rings. The first-order chi connectivity index (χ1) is 11.6. The molecule has 0 unspecified atom stereocenters. The number of benzene rings is 1. The number of nitrogens with zero attached hydrogens (tertiary/aromatic N) is 2. The first-order valence-electron chi connectivity index (χ1n) is 8.68. The smallest absolute Gasteiger partial charge is 0.234 e. The molecule has 1 aromatic heterocycles. The number of rotatable bonds is 8. The Balaban J connectivity index is 1.47. The topological polar surface area (TPSA) is 59.0 Å². The molecule has 24 heavy (non-hydrogen) atoms. The van der Waals surface area contributed by atoms with Crippen LogP contribution in [0.1, 0.15) is 36.9 Å². The van der Waals surface area contributed by atoms with E-state index in [0.29, 0.717) is 12.5 Å². The molecule has 2 aromatic rings. The van der Waals surface area contributed by atoms with Crippen molar-refractivity contribution in [1.29, 1.82) is 0 Å². The molecule has 1 heterocycles. The molecule has 1 saturated carbocycles. The number of aryl methyl sites for hydroxylation is 1. The van der Waals surface area contributed by atoms with Gasteiger partial charge in [-0.1, -0.05) is 30.3 Å². The Morgan fingerprint density at radius 2 is 2.08 bits per heavy atom. The Morgan fingerprint density at radius 3 is 2.71 bits per heavy atom. The van der Waals surface area contributed by atoms with Crippen LogP contribution in [0.2, 0.25) is 0 Å². The second kappa shape index (κ2) is 7.62. The highest BCUT2D eigenvalue weighted by atomic mass is 16.2. The zero-order valence-electron chi connectivity index (χ0n) is 14.4. The van der Waals surface area contributed by atoms with Gasteiger partial charge in [-0.2, -0.15) is 5.10 Å². The third-order valence-corrected chi connectivity index (χ3v) is 4.40. The summed E-state index contributed by atoms with van der Waals surface area (Å²) < 4.78 is 1.90. The van der Waals surface area contributed by atoms with Crippen molar-refractivity contribution in [3.8, 4) is 0 Å². The maximum atomic E-state index is 12.3. The van der Waals surface area contributed by atoms with Crippen LogP contribution in [-0.4, -0.2) is 28.3 Å². The van der Waals surface area contributed by atoms with Gasteiger partial charge in [-0.05, 0) is 43.7 Å². The van der Waals surface area contributed by atoms with E-state index >= 15 is 0 Å². The molecule has 0 spiro atoms. The number of hydrogen-bond donors (Lipinski definition) is 2. The lowest BCUT2D eigenvalue weighted by atomic mass is 10.0. The van der Waals surface area contributed by atoms with Gasteiger partial charge in [0.1, 0.15) is 0 Å². The lowest BCUT2D eigenvalue weighted by Crippen LogP contribution is -2.41. The molecular formula is C19H26N4O. The van der Waals surface area contributed by atoms with Gasteiger partial charge in [0.15, 0.2) is 0 Å². The highest BCUT2D eigenvalue weighted by Crippen LogP contribution is 2.40. The van der Waals surface area contributed by atoms with Crippen molar-refractivity contribution >= 4 is 5.91 Å². The van der Waals surface area contributed by atoms with Gasteiger partial charge in [0.25, 0.3) is 0 Å². The molecule has 2 N–H and O–H groups in total. The van der Waals surface area contributed by atoms with Gasteiger partial charge < -0.3 is 10.6 Å². The SMILES string of the molecule is Cc1cnn(C[C@@H](C)NCC(=O)N[C@@H](c2ccccc2)C2CC2)c1. The van der Waals surface area contributed by atoms with E-state index in [1.807, 2.05) is 42.2 Å². The first-order valence-corrected chi connectivity index (χ1v) is 8.68. The zero-order valence-corrected chi connectivity index (χ0v) is 14.4. The van der Waals surface area contributed by atoms with E-state index in [1.165, 1.54) is 18.4 Å². The summed E-state index contributed by atoms with van der Waals surface area (Å²) in [6.07, 6.45) is 6.25. The van der Waals surface area contributed by atoms with Gasteiger partial charge in [0, 0.05) is 12.2 Å². The number of hydrogen-bond acceptors (Lipinski definition) is 3. The highest BCUT2D eigenvalue weighted by Gasteiger charge is 2.33. The Labute approximate surface area is 143 Å². The molecule has 1 amide bonds. The van der Waals surface area contributed by atoms with Crippen LogP contribution in [0.15, 0.2) is 42.7 Å². The van der Waals surface area contributed by atoms with Crippen LogP contribution in [0, 0.1) is 12.8 Å². The molecule has 0 bridgehead atoms. The summed E-state index contributed by atoms with van der Waals surface area (Å²) in [6.45, 7) is 5.18. The van der Waals surface area contributed by atoms with Crippen LogP contribution in [0.5, 0.6) is 0 Å². The van der Waals surface area contributed by atoms with Gasteiger partial charge in [0.2, 0.25) is 5.91 Å². The lowest BCUT2D eigenvalue weighted by molar-refractivity contribution is -0.121. The number of carbonyl (C=O) groups excluding carboxylic acids is 1. The van der Waals surface area contributed by atoms with Crippen molar-refractivity contribution in [3.63, 3.8) is 0 Å². The minimum absolute atomic E-state index is 0.0549. The predicted molar refractivity (Wildman–Crippen MR) is 94.5 cm³/mol. The van der Waals surface area contributed by atoms with E-state index in [4.69, 9.17) is 0 Å². The molecule has 0 saturated heterocycles. The molecule has 2 atom stereocenters. The Kier molecular flexibility index (Phi) is 5.30. The average Bonchev–Trinajstić information content (AvgIpc) is 3.34. The molecule has 3 rings (SSSR count). The van der Waals surface area contributed by atoms with Gasteiger partial charge in [0.05, 0.1) is 25.3 Å². The van der Waals surface area contributed by atoms with E-state index in [-0.39, 0.29) is 18.0 Å². The van der Waals surface area contributed by atoms with Crippen LogP contribution in [-0.2, 0) is 11.3 Å². The monoisotopic (exact) mass is 326 g/mol. The van der Waals surface area contributed by atoms with Gasteiger partial charge in [-0.3, -0.25) is 9.48 Å². The standard InChI is InChI=1S/C19H26N4O/c1-14-10-21-23(12-14)13-15(2)20-11-18(24)22-19(17-8-9-17)16-6-4-3-5-7-16/h3-7,10,12,15,17,19-20H,8-9,11,13H2,1-2H3,(H,22,24)/t15-,19+/m1/s1. The summed E-state index contributed by atoms with van der Waals surface area (Å²) >= 11 is 0. The third kappa shape index (κ3) is 4.68. The van der Waals surface area contributed by atoms with Crippen molar-refractivity contribution in [2.75, 3.05) is 6.54 Å². The second-order valence-corrected chi connectivity index (χ2v) is 6.81. The molecule has 128 valence electrons. The summed E-state index contributed by atoms with van der Waals surface area (Å²) in [4.78, 5) is 12.3. The lowest BCUT2D eigenvalue weighted by Gasteiger charge is -2.20. The van der Waals surface area contributed by atoms with Crippen LogP contribution in [0.4, 0.5) is 0 Å². The summed E-state index contributed by atoms with van der Waals surface area (Å²) in [5.74, 6) is 0.639. The normalized spacial score (nSPS) is 16.6. The summed E-state index contributed by atoms with van der Waals surface area (Å²) in [5, 5.41) is 10.8. The van der Waals surface area contributed by atoms with Crippen molar-refractivity contribution in [1.82, 2.24) is 20.4 Å². The van der Waals surface area contributed by atoms with Crippen molar-refractivity contribution in [2.45, 2.75) is 45.3 Å². The number of amides is 1. The number of carbonyl (C=O) groups is 1. The number of nitrogens with one attached hydrogen (secondary N) is 2. The van der Waals surface area contributed by atoms with Crippen molar-refractivity contribution < 1.29 is 4.79 Å². The second-order valence-electron chi connectivity index (χ2n) is 6.81. The van der Waals surface area contributed by atoms with E-state index in [1.54, 1.807) is 0 Å². The quantitative estimate of drug-likeness (QED) is 0.783. The summed E-state index contributed by atoms with van der Waals surface area (Å²) in [7, 11) is 0. The first kappa shape index (κ1) is 16.7. The molecule has 0 radical (unpaired) electrons. The molecule has 1 aliphatic carbocycles. The van der Waals surface area contributed by atoms with E-state index in [0.717, 1.165) is 12.1 Å². The van der Waals surface area contributed by atoms with Crippen LogP contribution < -0.4 is 10.6 Å². The van der Waals surface area contributed by atoms with Crippen LogP contribution in [0.3, 0.4) is 0 Å². The molecule has 5 heteroatoms. The largest absolute Gasteiger partial charge is 0.348 e. The fourth-order valence-electron chi connectivity index (χ4n) is 2.97. The van der Waals surface area contributed by atoms with Crippen molar-refractivity contribution in [2.24, 2.45) is 5.92 Å². The fourth-order valence-corrected chi connectivity index (χ4v) is 2.97. The Hall–Kier alpha value is -2.14. The summed E-state index contributed by atoms with van der Waals surface area (Å²) in [6, 6.07) is 10.6. The van der Waals surface area contributed by atoms with Gasteiger partial charge in [-0.25, -0.2) is 0 Å². The average molecular weight is 326 g/mol. The highest BCUT2D eigenvalue weighted by molar-refractivity contribution is 5.78. The number of aromatic nitrogens is 2. The van der Waals surface area contributed by atoms with Crippen LogP contribution in [0.25, 0.3) is 0 Å². The molecule has 1 aliphatic rings. The minimum atomic E-state index is 0.0549. The predicted octanol–water partition coefficient (Wildman–Crippen LogP) is 2.44. The van der Waals surface area contributed by atoms with Gasteiger partial charge >= 0.3 is 0 Å². The molecule has 0 aliphatic heterocycles. The molecule has 5 nitrogen and oxygen atoms in total. The maximum Gasteiger partial charge on any atom is 0.234 e. The zero-order chi connectivity index (χ0) is 16.9. The van der Waals surface area contributed by atoms with Crippen LogP contribution >= 0.6 is 0 Å². The van der Waals surface area contributed by atoms with E-state index in [9.17, 15) is 4.79 Å². The third-order valence-electron chi connectivity index (χ3n) is 4.40. The minimum Gasteiger partial charge on any atom is -0.348 e. The van der Waals surface area contributed by atoms with E-state index < -0.39 is 0 Å². The fraction of sp³-hybridized carbons (Fsp3) is 0.474. The summed E-state index contributed by atoms with van der Waals surface area (Å²) in [5.41, 5.74) is 2.35. The molecule has 1 aromatic carbocycles. The molecular weight excluding hydrogens is 300 g/mol. The maximum absolute atomic E-state index is 12.3.